The second-order valence-corrected chi connectivity index (χ2v) is 5.91. The Bertz CT molecular complexity index is 413. The fourth-order valence-corrected chi connectivity index (χ4v) is 2.19. The van der Waals surface area contributed by atoms with Crippen molar-refractivity contribution in [2.75, 3.05) is 5.75 Å². The third-order valence-electron chi connectivity index (χ3n) is 2.00. The molecule has 100 valence electrons. The van der Waals surface area contributed by atoms with Gasteiger partial charge in [-0.15, -0.1) is 0 Å². The molecule has 4 nitrogen and oxygen atoms in total. The predicted molar refractivity (Wildman–Crippen MR) is 71.4 cm³/mol. The molecule has 1 aromatic heterocycles. The maximum absolute atomic E-state index is 11.6. The van der Waals surface area contributed by atoms with Gasteiger partial charge in [0.15, 0.2) is 0 Å². The molecule has 0 fully saturated rings. The molecule has 0 aromatic carbocycles. The van der Waals surface area contributed by atoms with E-state index in [1.54, 1.807) is 25.3 Å². The first-order valence-electron chi connectivity index (χ1n) is 5.77. The summed E-state index contributed by atoms with van der Waals surface area (Å²) in [6.45, 7) is 7.17. The molecule has 0 spiro atoms. The van der Waals surface area contributed by atoms with Gasteiger partial charge < -0.3 is 9.84 Å². The Hall–Kier alpha value is -1.07. The van der Waals surface area contributed by atoms with Gasteiger partial charge in [-0.25, -0.2) is 4.98 Å². The molecule has 0 saturated carbocycles. The number of carbonyl (C=O) groups is 1. The SMILES string of the molecule is C[C@H](O)c1cccnc1SCC(=O)OC(C)(C)C. The van der Waals surface area contributed by atoms with Gasteiger partial charge in [0.1, 0.15) is 10.6 Å². The van der Waals surface area contributed by atoms with Gasteiger partial charge in [-0.2, -0.15) is 0 Å². The van der Waals surface area contributed by atoms with Crippen molar-refractivity contribution in [1.82, 2.24) is 4.98 Å². The Balaban J connectivity index is 2.61. The third kappa shape index (κ3) is 5.06. The van der Waals surface area contributed by atoms with Crippen molar-refractivity contribution in [2.24, 2.45) is 0 Å². The summed E-state index contributed by atoms with van der Waals surface area (Å²) < 4.78 is 5.21. The quantitative estimate of drug-likeness (QED) is 0.672. The molecule has 18 heavy (non-hydrogen) atoms. The van der Waals surface area contributed by atoms with Gasteiger partial charge in [-0.3, -0.25) is 4.79 Å². The van der Waals surface area contributed by atoms with Crippen LogP contribution in [0.4, 0.5) is 0 Å². The number of hydrogen-bond acceptors (Lipinski definition) is 5. The van der Waals surface area contributed by atoms with E-state index in [9.17, 15) is 9.90 Å². The van der Waals surface area contributed by atoms with Crippen LogP contribution in [-0.4, -0.2) is 27.4 Å². The third-order valence-corrected chi connectivity index (χ3v) is 2.99. The number of nitrogens with zero attached hydrogens (tertiary/aromatic N) is 1. The first-order valence-corrected chi connectivity index (χ1v) is 6.76. The monoisotopic (exact) mass is 269 g/mol. The highest BCUT2D eigenvalue weighted by Gasteiger charge is 2.17. The number of aromatic nitrogens is 1. The van der Waals surface area contributed by atoms with Gasteiger partial charge in [-0.1, -0.05) is 17.8 Å². The topological polar surface area (TPSA) is 59.4 Å². The van der Waals surface area contributed by atoms with E-state index >= 15 is 0 Å². The molecule has 0 aliphatic heterocycles. The van der Waals surface area contributed by atoms with E-state index in [1.165, 1.54) is 11.8 Å². The van der Waals surface area contributed by atoms with Crippen LogP contribution >= 0.6 is 11.8 Å². The standard InChI is InChI=1S/C13H19NO3S/c1-9(15)10-6-5-7-14-12(10)18-8-11(16)17-13(2,3)4/h5-7,9,15H,8H2,1-4H3/t9-/m0/s1. The van der Waals surface area contributed by atoms with Crippen molar-refractivity contribution in [3.63, 3.8) is 0 Å². The number of hydrogen-bond donors (Lipinski definition) is 1. The van der Waals surface area contributed by atoms with Crippen LogP contribution in [0.5, 0.6) is 0 Å². The number of ether oxygens (including phenoxy) is 1. The maximum atomic E-state index is 11.6. The summed E-state index contributed by atoms with van der Waals surface area (Å²) in [4.78, 5) is 15.7. The number of carbonyl (C=O) groups excluding carboxylic acids is 1. The van der Waals surface area contributed by atoms with Crippen molar-refractivity contribution >= 4 is 17.7 Å². The summed E-state index contributed by atoms with van der Waals surface area (Å²) >= 11 is 1.28. The number of thioether (sulfide) groups is 1. The van der Waals surface area contributed by atoms with E-state index in [1.807, 2.05) is 20.8 Å². The van der Waals surface area contributed by atoms with Crippen LogP contribution in [0.25, 0.3) is 0 Å². The van der Waals surface area contributed by atoms with Crippen molar-refractivity contribution in [3.05, 3.63) is 23.9 Å². The molecule has 0 aliphatic carbocycles. The molecule has 1 atom stereocenters. The molecule has 1 rings (SSSR count). The molecule has 0 bridgehead atoms. The molecule has 0 amide bonds. The minimum atomic E-state index is -0.597. The molecule has 1 aromatic rings. The average Bonchev–Trinajstić information content (AvgIpc) is 2.24. The van der Waals surface area contributed by atoms with E-state index < -0.39 is 11.7 Å². The van der Waals surface area contributed by atoms with Crippen LogP contribution in [-0.2, 0) is 9.53 Å². The summed E-state index contributed by atoms with van der Waals surface area (Å²) in [5.41, 5.74) is 0.251. The van der Waals surface area contributed by atoms with Crippen LogP contribution in [0.1, 0.15) is 39.4 Å². The largest absolute Gasteiger partial charge is 0.459 e. The Morgan fingerprint density at radius 3 is 2.78 bits per heavy atom. The lowest BCUT2D eigenvalue weighted by Crippen LogP contribution is -2.25. The molecule has 5 heteroatoms. The van der Waals surface area contributed by atoms with Crippen molar-refractivity contribution in [1.29, 1.82) is 0 Å². The summed E-state index contributed by atoms with van der Waals surface area (Å²) in [5.74, 6) is -0.0942. The summed E-state index contributed by atoms with van der Waals surface area (Å²) in [6, 6.07) is 3.56. The highest BCUT2D eigenvalue weighted by molar-refractivity contribution is 7.99. The Morgan fingerprint density at radius 1 is 1.56 bits per heavy atom. The fraction of sp³-hybridized carbons (Fsp3) is 0.538. The number of esters is 1. The molecule has 0 radical (unpaired) electrons. The summed E-state index contributed by atoms with van der Waals surface area (Å²) in [6.07, 6.45) is 1.04. The highest BCUT2D eigenvalue weighted by atomic mass is 32.2. The van der Waals surface area contributed by atoms with E-state index in [-0.39, 0.29) is 11.7 Å². The second kappa shape index (κ2) is 6.20. The average molecular weight is 269 g/mol. The molecule has 0 unspecified atom stereocenters. The maximum Gasteiger partial charge on any atom is 0.316 e. The van der Waals surface area contributed by atoms with Crippen LogP contribution in [0.3, 0.4) is 0 Å². The van der Waals surface area contributed by atoms with E-state index in [4.69, 9.17) is 4.74 Å². The van der Waals surface area contributed by atoms with Crippen molar-refractivity contribution in [2.45, 2.75) is 44.4 Å². The Morgan fingerprint density at radius 2 is 2.22 bits per heavy atom. The summed E-state index contributed by atoms with van der Waals surface area (Å²) in [7, 11) is 0. The highest BCUT2D eigenvalue weighted by Crippen LogP contribution is 2.25. The molecule has 0 aliphatic rings. The van der Waals surface area contributed by atoms with Crippen molar-refractivity contribution < 1.29 is 14.6 Å². The minimum Gasteiger partial charge on any atom is -0.459 e. The van der Waals surface area contributed by atoms with Crippen LogP contribution < -0.4 is 0 Å². The summed E-state index contributed by atoms with van der Waals surface area (Å²) in [5, 5.41) is 10.3. The van der Waals surface area contributed by atoms with E-state index in [2.05, 4.69) is 4.98 Å². The normalized spacial score (nSPS) is 13.2. The lowest BCUT2D eigenvalue weighted by molar-refractivity contribution is -0.151. The van der Waals surface area contributed by atoms with Gasteiger partial charge >= 0.3 is 5.97 Å². The second-order valence-electron chi connectivity index (χ2n) is 4.95. The van der Waals surface area contributed by atoms with E-state index in [0.29, 0.717) is 5.03 Å². The van der Waals surface area contributed by atoms with Gasteiger partial charge in [0.25, 0.3) is 0 Å². The number of aliphatic hydroxyl groups is 1. The van der Waals surface area contributed by atoms with Crippen LogP contribution in [0.15, 0.2) is 23.4 Å². The number of pyridine rings is 1. The van der Waals surface area contributed by atoms with Crippen molar-refractivity contribution in [3.8, 4) is 0 Å². The zero-order chi connectivity index (χ0) is 13.8. The molecular formula is C13H19NO3S. The van der Waals surface area contributed by atoms with Crippen LogP contribution in [0, 0.1) is 0 Å². The van der Waals surface area contributed by atoms with Gasteiger partial charge in [0.2, 0.25) is 0 Å². The number of aliphatic hydroxyl groups excluding tert-OH is 1. The lowest BCUT2D eigenvalue weighted by Gasteiger charge is -2.19. The Kier molecular flexibility index (Phi) is 5.16. The zero-order valence-electron chi connectivity index (χ0n) is 11.1. The van der Waals surface area contributed by atoms with E-state index in [0.717, 1.165) is 5.56 Å². The van der Waals surface area contributed by atoms with Gasteiger partial charge in [0, 0.05) is 11.8 Å². The first-order chi connectivity index (χ1) is 8.29. The predicted octanol–water partition coefficient (Wildman–Crippen LogP) is 2.57. The molecule has 1 N–H and O–H groups in total. The molecular weight excluding hydrogens is 250 g/mol. The first kappa shape index (κ1) is 15.0. The fourth-order valence-electron chi connectivity index (χ4n) is 1.34. The number of rotatable bonds is 4. The smallest absolute Gasteiger partial charge is 0.316 e. The van der Waals surface area contributed by atoms with Crippen LogP contribution in [0.2, 0.25) is 0 Å². The Labute approximate surface area is 112 Å². The minimum absolute atomic E-state index is 0.188. The molecule has 1 heterocycles. The molecule has 0 saturated heterocycles. The van der Waals surface area contributed by atoms with Gasteiger partial charge in [0.05, 0.1) is 11.9 Å². The zero-order valence-corrected chi connectivity index (χ0v) is 12.0. The van der Waals surface area contributed by atoms with Gasteiger partial charge in [-0.05, 0) is 33.8 Å². The lowest BCUT2D eigenvalue weighted by atomic mass is 10.2.